The molecule has 4 rings (SSSR count). The highest BCUT2D eigenvalue weighted by Crippen LogP contribution is 2.65. The van der Waals surface area contributed by atoms with E-state index in [1.807, 2.05) is 0 Å². The largest absolute Gasteiger partial charge is 0.0808 e. The van der Waals surface area contributed by atoms with E-state index in [1.165, 1.54) is 25.7 Å². The van der Waals surface area contributed by atoms with Gasteiger partial charge in [-0.1, -0.05) is 102 Å². The second kappa shape index (κ2) is 8.37. The average Bonchev–Trinajstić information content (AvgIpc) is 3.15. The lowest BCUT2D eigenvalue weighted by molar-refractivity contribution is 0.329. The zero-order chi connectivity index (χ0) is 20.8. The van der Waals surface area contributed by atoms with Crippen LogP contribution in [0.3, 0.4) is 0 Å². The third kappa shape index (κ3) is 3.40. The van der Waals surface area contributed by atoms with Crippen molar-refractivity contribution in [1.29, 1.82) is 0 Å². The maximum absolute atomic E-state index is 2.80. The molecule has 0 aliphatic heterocycles. The second-order valence-electron chi connectivity index (χ2n) is 11.3. The van der Waals surface area contributed by atoms with E-state index in [9.17, 15) is 0 Å². The Balaban J connectivity index is 1.70. The Hall–Kier alpha value is -0.823. The molecule has 0 spiro atoms. The predicted octanol–water partition coefficient (Wildman–Crippen LogP) is 8.28. The Kier molecular flexibility index (Phi) is 6.18. The van der Waals surface area contributed by atoms with Crippen LogP contribution in [0.1, 0.15) is 53.4 Å². The third-order valence-electron chi connectivity index (χ3n) is 9.71. The van der Waals surface area contributed by atoms with Gasteiger partial charge in [-0.25, -0.2) is 0 Å². The molecule has 4 aliphatic carbocycles. The van der Waals surface area contributed by atoms with Gasteiger partial charge in [0.2, 0.25) is 0 Å². The molecule has 0 N–H and O–H groups in total. The van der Waals surface area contributed by atoms with Gasteiger partial charge < -0.3 is 0 Å². The minimum atomic E-state index is -1.49. The summed E-state index contributed by atoms with van der Waals surface area (Å²) < 4.78 is 0. The second-order valence-corrected chi connectivity index (χ2v) is 16.3. The summed E-state index contributed by atoms with van der Waals surface area (Å²) in [5.74, 6) is 6.72. The molecule has 0 amide bonds. The molecule has 1 heteroatoms. The van der Waals surface area contributed by atoms with Crippen molar-refractivity contribution < 1.29 is 0 Å². The van der Waals surface area contributed by atoms with E-state index < -0.39 is 8.07 Å². The molecule has 6 unspecified atom stereocenters. The van der Waals surface area contributed by atoms with Crippen molar-refractivity contribution in [1.82, 2.24) is 0 Å². The predicted molar refractivity (Wildman–Crippen MR) is 131 cm³/mol. The van der Waals surface area contributed by atoms with Crippen LogP contribution in [0.5, 0.6) is 0 Å². The first-order valence-corrected chi connectivity index (χ1v) is 15.8. The van der Waals surface area contributed by atoms with Crippen LogP contribution in [0.4, 0.5) is 0 Å². The van der Waals surface area contributed by atoms with Crippen molar-refractivity contribution in [2.45, 2.75) is 77.6 Å². The first kappa shape index (κ1) is 21.4. The first-order valence-electron chi connectivity index (χ1n) is 12.6. The Labute approximate surface area is 181 Å². The fourth-order valence-electron chi connectivity index (χ4n) is 8.94. The molecule has 0 aromatic rings. The van der Waals surface area contributed by atoms with Crippen molar-refractivity contribution in [3.63, 3.8) is 0 Å². The quantitative estimate of drug-likeness (QED) is 0.388. The molecule has 0 aromatic heterocycles. The highest BCUT2D eigenvalue weighted by molar-refractivity contribution is 6.80. The van der Waals surface area contributed by atoms with E-state index in [2.05, 4.69) is 89.4 Å². The SMILES string of the molecule is CCC[C@H]1C(C)C([Si](C)(C)C2C3C=CC=C[C@H]3[C@@H](CCC)C2C)C2C=CC=C[C@H]21. The first-order chi connectivity index (χ1) is 13.9. The Morgan fingerprint density at radius 1 is 0.586 bits per heavy atom. The summed E-state index contributed by atoms with van der Waals surface area (Å²) in [6.07, 6.45) is 25.3. The van der Waals surface area contributed by atoms with Gasteiger partial charge in [-0.15, -0.1) is 0 Å². The summed E-state index contributed by atoms with van der Waals surface area (Å²) in [6, 6.07) is 0. The van der Waals surface area contributed by atoms with Crippen LogP contribution in [-0.4, -0.2) is 8.07 Å². The smallest absolute Gasteiger partial charge is 0.0553 e. The van der Waals surface area contributed by atoms with Crippen LogP contribution in [0, 0.1) is 47.3 Å². The van der Waals surface area contributed by atoms with Crippen LogP contribution >= 0.6 is 0 Å². The maximum Gasteiger partial charge on any atom is 0.0553 e. The summed E-state index contributed by atoms with van der Waals surface area (Å²) >= 11 is 0. The number of hydrogen-bond acceptors (Lipinski definition) is 0. The van der Waals surface area contributed by atoms with Gasteiger partial charge >= 0.3 is 0 Å². The van der Waals surface area contributed by atoms with E-state index in [1.54, 1.807) is 0 Å². The molecule has 29 heavy (non-hydrogen) atoms. The van der Waals surface area contributed by atoms with E-state index in [4.69, 9.17) is 0 Å². The van der Waals surface area contributed by atoms with Gasteiger partial charge in [-0.3, -0.25) is 0 Å². The lowest BCUT2D eigenvalue weighted by Crippen LogP contribution is -2.46. The molecule has 0 heterocycles. The fraction of sp³-hybridized carbons (Fsp3) is 0.714. The van der Waals surface area contributed by atoms with E-state index in [0.717, 1.165) is 58.4 Å². The molecular formula is C28H44Si. The minimum Gasteiger partial charge on any atom is -0.0808 e. The summed E-state index contributed by atoms with van der Waals surface area (Å²) in [4.78, 5) is 0. The lowest BCUT2D eigenvalue weighted by atomic mass is 9.82. The zero-order valence-electron chi connectivity index (χ0n) is 19.7. The van der Waals surface area contributed by atoms with Crippen LogP contribution in [0.2, 0.25) is 24.2 Å². The van der Waals surface area contributed by atoms with Crippen LogP contribution in [0.25, 0.3) is 0 Å². The van der Waals surface area contributed by atoms with Gasteiger partial charge in [0.15, 0.2) is 0 Å². The zero-order valence-corrected chi connectivity index (χ0v) is 20.7. The van der Waals surface area contributed by atoms with Gasteiger partial charge in [0.05, 0.1) is 8.07 Å². The fourth-order valence-corrected chi connectivity index (χ4v) is 15.2. The monoisotopic (exact) mass is 408 g/mol. The Morgan fingerprint density at radius 2 is 0.931 bits per heavy atom. The molecule has 4 aliphatic rings. The highest BCUT2D eigenvalue weighted by Gasteiger charge is 2.60. The summed E-state index contributed by atoms with van der Waals surface area (Å²) in [5, 5.41) is 0. The van der Waals surface area contributed by atoms with Crippen molar-refractivity contribution >= 4 is 8.07 Å². The maximum atomic E-state index is 2.80. The summed E-state index contributed by atoms with van der Waals surface area (Å²) in [6.45, 7) is 15.6. The topological polar surface area (TPSA) is 0 Å². The number of rotatable bonds is 6. The van der Waals surface area contributed by atoms with E-state index >= 15 is 0 Å². The normalized spacial score (nSPS) is 45.6. The van der Waals surface area contributed by atoms with Crippen molar-refractivity contribution in [3.8, 4) is 0 Å². The molecule has 0 nitrogen and oxygen atoms in total. The highest BCUT2D eigenvalue weighted by atomic mass is 28.3. The van der Waals surface area contributed by atoms with Gasteiger partial charge in [0.1, 0.15) is 0 Å². The Bertz CT molecular complexity index is 637. The van der Waals surface area contributed by atoms with Gasteiger partial charge in [-0.05, 0) is 71.3 Å². The average molecular weight is 409 g/mol. The van der Waals surface area contributed by atoms with Gasteiger partial charge in [0, 0.05) is 0 Å². The molecule has 0 saturated heterocycles. The summed E-state index contributed by atoms with van der Waals surface area (Å²) in [7, 11) is -1.49. The van der Waals surface area contributed by atoms with Crippen molar-refractivity contribution in [2.24, 2.45) is 47.3 Å². The van der Waals surface area contributed by atoms with Crippen molar-refractivity contribution in [3.05, 3.63) is 48.6 Å². The van der Waals surface area contributed by atoms with E-state index in [-0.39, 0.29) is 0 Å². The minimum absolute atomic E-state index is 0.798. The van der Waals surface area contributed by atoms with Gasteiger partial charge in [0.25, 0.3) is 0 Å². The lowest BCUT2D eigenvalue weighted by Gasteiger charge is -2.45. The molecule has 10 atom stereocenters. The molecule has 0 aromatic carbocycles. The number of allylic oxidation sites excluding steroid dienone is 8. The number of fused-ring (bicyclic) bond motifs is 2. The van der Waals surface area contributed by atoms with Crippen LogP contribution in [0.15, 0.2) is 48.6 Å². The van der Waals surface area contributed by atoms with Crippen LogP contribution in [-0.2, 0) is 0 Å². The van der Waals surface area contributed by atoms with Crippen LogP contribution < -0.4 is 0 Å². The molecule has 0 radical (unpaired) electrons. The standard InChI is InChI=1S/C28H44Si/c1-7-13-21-19(3)27(25-17-11-9-15-23(21)25)29(5,6)28-20(4)22(14-8-2)24-16-10-12-18-26(24)28/h9-12,15-28H,7-8,13-14H2,1-6H3/t19?,20?,21-,22-,23-,24-,25?,26?,27?,28?/m0/s1. The number of hydrogen-bond donors (Lipinski definition) is 0. The van der Waals surface area contributed by atoms with Gasteiger partial charge in [-0.2, -0.15) is 0 Å². The molecule has 2 fully saturated rings. The van der Waals surface area contributed by atoms with E-state index in [0.29, 0.717) is 0 Å². The molecule has 2 saturated carbocycles. The molecular weight excluding hydrogens is 364 g/mol. The van der Waals surface area contributed by atoms with Crippen molar-refractivity contribution in [2.75, 3.05) is 0 Å². The molecule has 160 valence electrons. The third-order valence-corrected chi connectivity index (χ3v) is 15.0. The summed E-state index contributed by atoms with van der Waals surface area (Å²) in [5.41, 5.74) is 1.86. The molecule has 0 bridgehead atoms. The Morgan fingerprint density at radius 3 is 1.28 bits per heavy atom.